The summed E-state index contributed by atoms with van der Waals surface area (Å²) in [6.07, 6.45) is 4.14. The lowest BCUT2D eigenvalue weighted by Gasteiger charge is -2.17. The summed E-state index contributed by atoms with van der Waals surface area (Å²) in [6.45, 7) is 5.32. The average molecular weight is 654 g/mol. The molecule has 1 aromatic carbocycles. The van der Waals surface area contributed by atoms with E-state index in [1.54, 1.807) is 19.9 Å². The molecule has 4 rings (SSSR count). The summed E-state index contributed by atoms with van der Waals surface area (Å²) < 4.78 is 13.2. The number of pyridine rings is 2. The van der Waals surface area contributed by atoms with E-state index in [2.05, 4.69) is 32.0 Å². The second kappa shape index (κ2) is 11.3. The van der Waals surface area contributed by atoms with Gasteiger partial charge in [-0.3, -0.25) is 4.98 Å². The fourth-order valence-electron chi connectivity index (χ4n) is 3.63. The predicted molar refractivity (Wildman–Crippen MR) is 149 cm³/mol. The molecule has 0 aliphatic rings. The summed E-state index contributed by atoms with van der Waals surface area (Å²) in [7, 11) is 0. The second-order valence-corrected chi connectivity index (χ2v) is 10.8. The Morgan fingerprint density at radius 3 is 2.53 bits per heavy atom. The predicted octanol–water partition coefficient (Wildman–Crippen LogP) is 7.17. The van der Waals surface area contributed by atoms with Crippen molar-refractivity contribution >= 4 is 68.5 Å². The Balaban J connectivity index is 1.75. The summed E-state index contributed by atoms with van der Waals surface area (Å²) in [4.78, 5) is 20.6. The fraction of sp³-hybridized carbons (Fsp3) is 0.208. The molecule has 8 nitrogen and oxygen atoms in total. The highest BCUT2D eigenvalue weighted by Gasteiger charge is 2.21. The van der Waals surface area contributed by atoms with Gasteiger partial charge >= 0.3 is 5.97 Å². The Hall–Kier alpha value is -2.51. The first kappa shape index (κ1) is 26.6. The van der Waals surface area contributed by atoms with Crippen molar-refractivity contribution in [2.45, 2.75) is 33.0 Å². The minimum Gasteiger partial charge on any atom is -0.486 e. The smallest absolute Gasteiger partial charge is 0.358 e. The van der Waals surface area contributed by atoms with Gasteiger partial charge < -0.3 is 9.47 Å². The molecule has 36 heavy (non-hydrogen) atoms. The van der Waals surface area contributed by atoms with Gasteiger partial charge in [0.05, 0.1) is 33.6 Å². The number of halogens is 3. The first-order valence-electron chi connectivity index (χ1n) is 10.7. The Kier molecular flexibility index (Phi) is 8.30. The van der Waals surface area contributed by atoms with E-state index < -0.39 is 12.1 Å². The molecule has 0 aliphatic heterocycles. The lowest BCUT2D eigenvalue weighted by Crippen LogP contribution is -2.14. The summed E-state index contributed by atoms with van der Waals surface area (Å²) in [5.41, 5.74) is 2.82. The van der Waals surface area contributed by atoms with Crippen LogP contribution in [0.25, 0.3) is 22.2 Å². The van der Waals surface area contributed by atoms with Gasteiger partial charge in [0.1, 0.15) is 23.6 Å². The first-order chi connectivity index (χ1) is 17.2. The van der Waals surface area contributed by atoms with E-state index in [4.69, 9.17) is 37.8 Å². The van der Waals surface area contributed by atoms with Gasteiger partial charge in [-0.15, -0.1) is 0 Å². The molecule has 0 bridgehead atoms. The van der Waals surface area contributed by atoms with Crippen LogP contribution in [-0.2, 0) is 4.74 Å². The summed E-state index contributed by atoms with van der Waals surface area (Å²) in [5, 5.41) is 16.0. The van der Waals surface area contributed by atoms with Gasteiger partial charge in [0, 0.05) is 35.1 Å². The molecule has 0 N–H and O–H groups in total. The molecule has 0 amide bonds. The number of carbonyl (C=O) groups excluding carboxylic acids is 1. The van der Waals surface area contributed by atoms with E-state index in [-0.39, 0.29) is 17.4 Å². The van der Waals surface area contributed by atoms with Gasteiger partial charge in [-0.2, -0.15) is 10.4 Å². The topological polar surface area (TPSA) is 103 Å². The van der Waals surface area contributed by atoms with Crippen LogP contribution in [0.2, 0.25) is 10.0 Å². The molecule has 0 aliphatic carbocycles. The zero-order valence-electron chi connectivity index (χ0n) is 19.3. The monoisotopic (exact) mass is 653 g/mol. The van der Waals surface area contributed by atoms with Crippen LogP contribution in [0.4, 0.5) is 0 Å². The molecule has 0 spiro atoms. The molecular weight excluding hydrogens is 635 g/mol. The lowest BCUT2D eigenvalue weighted by atomic mass is 10.1. The van der Waals surface area contributed by atoms with Crippen molar-refractivity contribution in [1.29, 1.82) is 5.26 Å². The highest BCUT2D eigenvalue weighted by atomic mass is 127. The molecule has 0 fully saturated rings. The van der Waals surface area contributed by atoms with Gasteiger partial charge in [-0.25, -0.2) is 14.2 Å². The number of nitrogens with zero attached hydrogens (tertiary/aromatic N) is 5. The van der Waals surface area contributed by atoms with Crippen molar-refractivity contribution in [1.82, 2.24) is 19.5 Å². The average Bonchev–Trinajstić information content (AvgIpc) is 3.21. The van der Waals surface area contributed by atoms with Crippen LogP contribution >= 0.6 is 51.6 Å². The number of ether oxygens (including phenoxy) is 2. The van der Waals surface area contributed by atoms with Gasteiger partial charge in [0.15, 0.2) is 5.69 Å². The Bertz CT molecular complexity index is 1490. The van der Waals surface area contributed by atoms with Crippen LogP contribution in [0, 0.1) is 11.3 Å². The van der Waals surface area contributed by atoms with Crippen LogP contribution in [-0.4, -0.2) is 31.6 Å². The van der Waals surface area contributed by atoms with Crippen molar-refractivity contribution in [3.63, 3.8) is 0 Å². The highest BCUT2D eigenvalue weighted by Crippen LogP contribution is 2.38. The van der Waals surface area contributed by atoms with Crippen molar-refractivity contribution in [2.75, 3.05) is 0 Å². The van der Waals surface area contributed by atoms with E-state index in [0.29, 0.717) is 39.0 Å². The van der Waals surface area contributed by atoms with Gasteiger partial charge in [0.2, 0.25) is 0 Å². The van der Waals surface area contributed by atoms with Crippen LogP contribution in [0.15, 0.2) is 42.9 Å². The molecule has 0 saturated heterocycles. The van der Waals surface area contributed by atoms with Crippen molar-refractivity contribution < 1.29 is 14.3 Å². The molecule has 3 aromatic heterocycles. The van der Waals surface area contributed by atoms with Crippen molar-refractivity contribution in [3.05, 3.63) is 69.7 Å². The molecule has 3 heterocycles. The maximum Gasteiger partial charge on any atom is 0.358 e. The number of hydrogen-bond acceptors (Lipinski definition) is 7. The SMILES string of the molecule is CC(C)OC(=O)c1ncc(-c2nn(PI)c3ccc(O[C@H](C)c4c(Cl)cncc4Cl)cc23)cc1C#N. The summed E-state index contributed by atoms with van der Waals surface area (Å²) in [5.74, 6) is -0.0579. The van der Waals surface area contributed by atoms with Gasteiger partial charge in [-0.05, 0) is 67.1 Å². The molecule has 12 heteroatoms. The standard InChI is InChI=1S/C24H19Cl2IN5O3P/c1-12(2)34-24(33)23-14(8-28)6-15(9-30-23)22-17-7-16(4-5-20(17)32(31-22)36-27)35-13(3)21-18(25)10-29-11-19(21)26/h4-7,9-13,36H,1-3H3/t13-/m1/s1. The normalized spacial score (nSPS) is 12.3. The van der Waals surface area contributed by atoms with E-state index >= 15 is 0 Å². The zero-order chi connectivity index (χ0) is 26.0. The molecule has 0 radical (unpaired) electrons. The zero-order valence-corrected chi connectivity index (χ0v) is 24.0. The van der Waals surface area contributed by atoms with Crippen LogP contribution < -0.4 is 4.74 Å². The highest BCUT2D eigenvalue weighted by molar-refractivity contribution is 14.2. The third-order valence-corrected chi connectivity index (χ3v) is 7.63. The number of hydrogen-bond donors (Lipinski definition) is 0. The van der Waals surface area contributed by atoms with E-state index in [9.17, 15) is 10.1 Å². The van der Waals surface area contributed by atoms with E-state index in [1.165, 1.54) is 18.6 Å². The number of nitriles is 1. The second-order valence-electron chi connectivity index (χ2n) is 7.99. The summed E-state index contributed by atoms with van der Waals surface area (Å²) in [6, 6.07) is 9.28. The van der Waals surface area contributed by atoms with Gasteiger partial charge in [-0.1, -0.05) is 23.2 Å². The van der Waals surface area contributed by atoms with E-state index in [0.717, 1.165) is 10.9 Å². The largest absolute Gasteiger partial charge is 0.486 e. The minimum atomic E-state index is -0.643. The molecular formula is C24H19Cl2IN5O3P. The summed E-state index contributed by atoms with van der Waals surface area (Å²) >= 11 is 14.8. The number of carbonyl (C=O) groups is 1. The number of rotatable bonds is 7. The molecule has 0 saturated carbocycles. The maximum absolute atomic E-state index is 12.4. The molecule has 4 aromatic rings. The molecule has 2 atom stereocenters. The fourth-order valence-corrected chi connectivity index (χ4v) is 5.83. The lowest BCUT2D eigenvalue weighted by molar-refractivity contribution is 0.0370. The molecule has 1 unspecified atom stereocenters. The Labute approximate surface area is 232 Å². The van der Waals surface area contributed by atoms with Crippen molar-refractivity contribution in [2.24, 2.45) is 0 Å². The number of benzene rings is 1. The Morgan fingerprint density at radius 1 is 1.17 bits per heavy atom. The number of esters is 1. The third-order valence-electron chi connectivity index (χ3n) is 5.16. The van der Waals surface area contributed by atoms with E-state index in [1.807, 2.05) is 35.6 Å². The van der Waals surface area contributed by atoms with Crippen LogP contribution in [0.5, 0.6) is 5.75 Å². The Morgan fingerprint density at radius 2 is 1.89 bits per heavy atom. The molecule has 184 valence electrons. The third kappa shape index (κ3) is 5.42. The van der Waals surface area contributed by atoms with Gasteiger partial charge in [0.25, 0.3) is 0 Å². The number of fused-ring (bicyclic) bond motifs is 1. The maximum atomic E-state index is 12.4. The first-order valence-corrected chi connectivity index (χ1v) is 15.5. The number of aromatic nitrogens is 4. The van der Waals surface area contributed by atoms with Crippen LogP contribution in [0.3, 0.4) is 0 Å². The van der Waals surface area contributed by atoms with Crippen LogP contribution in [0.1, 0.15) is 48.5 Å². The quantitative estimate of drug-likeness (QED) is 0.118. The van der Waals surface area contributed by atoms with Crippen molar-refractivity contribution in [3.8, 4) is 23.1 Å². The minimum absolute atomic E-state index is 0.0292.